The number of thioether (sulfide) groups is 1. The highest BCUT2D eigenvalue weighted by molar-refractivity contribution is 7.99. The molecule has 1 aliphatic rings. The molecular formula is C25H29Cl2F3N4OS. The van der Waals surface area contributed by atoms with Gasteiger partial charge in [0, 0.05) is 16.5 Å². The minimum absolute atomic E-state index is 0.0281. The third-order valence-corrected chi connectivity index (χ3v) is 7.35. The summed E-state index contributed by atoms with van der Waals surface area (Å²) in [4.78, 5) is 20.4. The maximum Gasteiger partial charge on any atom is 0.416 e. The lowest BCUT2D eigenvalue weighted by Crippen LogP contribution is -2.25. The molecule has 1 fully saturated rings. The molecule has 2 aromatic carbocycles. The molecule has 36 heavy (non-hydrogen) atoms. The van der Waals surface area contributed by atoms with Gasteiger partial charge in [-0.05, 0) is 81.2 Å². The highest BCUT2D eigenvalue weighted by atomic mass is 35.5. The quantitative estimate of drug-likeness (QED) is 0.358. The molecule has 1 aliphatic heterocycles. The molecule has 1 aromatic heterocycles. The number of benzene rings is 2. The zero-order valence-electron chi connectivity index (χ0n) is 20.4. The molecule has 5 nitrogen and oxygen atoms in total. The van der Waals surface area contributed by atoms with E-state index >= 15 is 0 Å². The Morgan fingerprint density at radius 2 is 1.78 bits per heavy atom. The highest BCUT2D eigenvalue weighted by Crippen LogP contribution is 2.39. The second kappa shape index (κ2) is 12.6. The second-order valence-corrected chi connectivity index (χ2v) is 10.6. The van der Waals surface area contributed by atoms with E-state index in [1.165, 1.54) is 10.9 Å². The first-order valence-corrected chi connectivity index (χ1v) is 13.3. The molecule has 4 rings (SSSR count). The van der Waals surface area contributed by atoms with Crippen LogP contribution in [-0.2, 0) is 19.3 Å². The number of aromatic nitrogens is 2. The molecule has 2 heterocycles. The predicted molar refractivity (Wildman–Crippen MR) is 142 cm³/mol. The summed E-state index contributed by atoms with van der Waals surface area (Å²) < 4.78 is 43.2. The van der Waals surface area contributed by atoms with Crippen LogP contribution in [0.4, 0.5) is 13.2 Å². The zero-order valence-corrected chi connectivity index (χ0v) is 22.7. The Bertz CT molecular complexity index is 1260. The number of alkyl halides is 3. The van der Waals surface area contributed by atoms with E-state index in [1.54, 1.807) is 23.9 Å². The van der Waals surface area contributed by atoms with E-state index in [0.29, 0.717) is 5.02 Å². The lowest BCUT2D eigenvalue weighted by atomic mass is 10.0. The molecule has 0 amide bonds. The van der Waals surface area contributed by atoms with Crippen molar-refractivity contribution in [1.82, 2.24) is 19.8 Å². The van der Waals surface area contributed by atoms with E-state index in [1.807, 2.05) is 32.0 Å². The topological polar surface area (TPSA) is 50.2 Å². The molecule has 1 saturated heterocycles. The van der Waals surface area contributed by atoms with Crippen molar-refractivity contribution in [2.24, 2.45) is 0 Å². The van der Waals surface area contributed by atoms with Gasteiger partial charge in [-0.15, -0.1) is 11.8 Å². The summed E-state index contributed by atoms with van der Waals surface area (Å²) in [5, 5.41) is 3.01. The van der Waals surface area contributed by atoms with Crippen LogP contribution in [0, 0.1) is 0 Å². The van der Waals surface area contributed by atoms with E-state index in [-0.39, 0.29) is 34.6 Å². The summed E-state index contributed by atoms with van der Waals surface area (Å²) in [6, 6.07) is 6.29. The molecule has 1 N–H and O–H groups in total. The molecule has 0 aliphatic carbocycles. The number of rotatable bonds is 6. The van der Waals surface area contributed by atoms with E-state index in [9.17, 15) is 18.0 Å². The summed E-state index contributed by atoms with van der Waals surface area (Å²) in [6.07, 6.45) is -1.42. The lowest BCUT2D eigenvalue weighted by Gasteiger charge is -2.21. The number of halogens is 5. The van der Waals surface area contributed by atoms with Gasteiger partial charge in [0.2, 0.25) is 0 Å². The van der Waals surface area contributed by atoms with Crippen molar-refractivity contribution in [3.05, 3.63) is 67.7 Å². The fourth-order valence-electron chi connectivity index (χ4n) is 4.14. The number of hydrogen-bond acceptors (Lipinski definition) is 5. The first-order valence-electron chi connectivity index (χ1n) is 11.6. The van der Waals surface area contributed by atoms with Crippen molar-refractivity contribution >= 4 is 45.9 Å². The van der Waals surface area contributed by atoms with E-state index in [0.717, 1.165) is 48.2 Å². The second-order valence-electron chi connectivity index (χ2n) is 8.46. The third-order valence-electron chi connectivity index (χ3n) is 5.71. The smallest absolute Gasteiger partial charge is 0.323 e. The van der Waals surface area contributed by atoms with Gasteiger partial charge in [-0.3, -0.25) is 14.3 Å². The Hall–Kier alpha value is -1.78. The van der Waals surface area contributed by atoms with Crippen LogP contribution in [-0.4, -0.2) is 47.4 Å². The molecule has 0 radical (unpaired) electrons. The van der Waals surface area contributed by atoms with Crippen LogP contribution >= 0.6 is 35.0 Å². The van der Waals surface area contributed by atoms with Gasteiger partial charge in [0.1, 0.15) is 0 Å². The van der Waals surface area contributed by atoms with Crippen molar-refractivity contribution in [3.63, 3.8) is 0 Å². The molecule has 11 heteroatoms. The van der Waals surface area contributed by atoms with Crippen LogP contribution in [0.5, 0.6) is 0 Å². The normalized spacial score (nSPS) is 14.2. The van der Waals surface area contributed by atoms with Crippen molar-refractivity contribution in [2.75, 3.05) is 32.9 Å². The molecular weight excluding hydrogens is 532 g/mol. The van der Waals surface area contributed by atoms with E-state index in [2.05, 4.69) is 10.3 Å². The van der Waals surface area contributed by atoms with Crippen LogP contribution in [0.2, 0.25) is 10.0 Å². The SMILES string of the molecule is CCSc1ccc(Cl)cc1Cn1cnc2c(Cl)c(CN3CCCC3)c(C(F)(F)F)cc2c1=O.CNC. The van der Waals surface area contributed by atoms with Crippen LogP contribution < -0.4 is 10.9 Å². The summed E-state index contributed by atoms with van der Waals surface area (Å²) >= 11 is 14.2. The van der Waals surface area contributed by atoms with E-state index in [4.69, 9.17) is 23.2 Å². The average Bonchev–Trinajstić information content (AvgIpc) is 3.32. The predicted octanol–water partition coefficient (Wildman–Crippen LogP) is 6.31. The van der Waals surface area contributed by atoms with Crippen LogP contribution in [0.1, 0.15) is 36.5 Å². The molecule has 3 aromatic rings. The monoisotopic (exact) mass is 560 g/mol. The van der Waals surface area contributed by atoms with Gasteiger partial charge in [0.15, 0.2) is 0 Å². The standard InChI is InChI=1S/C23H22Cl2F3N3OS.C2H7N/c1-2-33-19-6-5-15(24)9-14(19)11-31-13-29-21-16(22(31)32)10-18(23(26,27)28)17(20(21)25)12-30-7-3-4-8-30;1-3-2/h5-6,9-10,13H,2-4,7-8,11-12H2,1H3;3H,1-2H3. The average molecular weight is 562 g/mol. The highest BCUT2D eigenvalue weighted by Gasteiger charge is 2.36. The summed E-state index contributed by atoms with van der Waals surface area (Å²) in [7, 11) is 3.75. The first kappa shape index (κ1) is 28.8. The first-order chi connectivity index (χ1) is 17.1. The molecule has 0 saturated carbocycles. The Kier molecular flexibility index (Phi) is 10.1. The van der Waals surface area contributed by atoms with Gasteiger partial charge in [-0.2, -0.15) is 13.2 Å². The maximum atomic E-state index is 14.0. The number of nitrogens with zero attached hydrogens (tertiary/aromatic N) is 3. The van der Waals surface area contributed by atoms with Gasteiger partial charge in [0.05, 0.1) is 34.4 Å². The third kappa shape index (κ3) is 6.75. The minimum atomic E-state index is -4.64. The summed E-state index contributed by atoms with van der Waals surface area (Å²) in [6.45, 7) is 3.66. The number of nitrogens with one attached hydrogen (secondary N) is 1. The van der Waals surface area contributed by atoms with Gasteiger partial charge < -0.3 is 5.32 Å². The van der Waals surface area contributed by atoms with Crippen LogP contribution in [0.25, 0.3) is 10.9 Å². The largest absolute Gasteiger partial charge is 0.416 e. The van der Waals surface area contributed by atoms with Gasteiger partial charge in [-0.1, -0.05) is 30.1 Å². The fraction of sp³-hybridized carbons (Fsp3) is 0.440. The Labute approximate surface area is 223 Å². The summed E-state index contributed by atoms with van der Waals surface area (Å²) in [5.41, 5.74) is -0.597. The van der Waals surface area contributed by atoms with Crippen LogP contribution in [0.3, 0.4) is 0 Å². The number of fused-ring (bicyclic) bond motifs is 1. The molecule has 0 bridgehead atoms. The van der Waals surface area contributed by atoms with Gasteiger partial charge >= 0.3 is 6.18 Å². The van der Waals surface area contributed by atoms with Crippen molar-refractivity contribution in [1.29, 1.82) is 0 Å². The zero-order chi connectivity index (χ0) is 26.5. The fourth-order valence-corrected chi connectivity index (χ4v) is 5.43. The van der Waals surface area contributed by atoms with Crippen molar-refractivity contribution in [2.45, 2.75) is 43.9 Å². The van der Waals surface area contributed by atoms with Crippen molar-refractivity contribution in [3.8, 4) is 0 Å². The molecule has 0 unspecified atom stereocenters. The number of likely N-dealkylation sites (tertiary alicyclic amines) is 1. The van der Waals surface area contributed by atoms with Crippen LogP contribution in [0.15, 0.2) is 40.3 Å². The number of hydrogen-bond donors (Lipinski definition) is 1. The molecule has 0 spiro atoms. The maximum absolute atomic E-state index is 14.0. The van der Waals surface area contributed by atoms with Gasteiger partial charge in [-0.25, -0.2) is 4.98 Å². The minimum Gasteiger partial charge on any atom is -0.323 e. The Balaban J connectivity index is 0.00000115. The Morgan fingerprint density at radius 3 is 2.39 bits per heavy atom. The Morgan fingerprint density at radius 1 is 1.11 bits per heavy atom. The summed E-state index contributed by atoms with van der Waals surface area (Å²) in [5.74, 6) is 0.823. The molecule has 0 atom stereocenters. The van der Waals surface area contributed by atoms with E-state index < -0.39 is 17.3 Å². The van der Waals surface area contributed by atoms with Crippen molar-refractivity contribution < 1.29 is 13.2 Å². The molecule has 196 valence electrons. The van der Waals surface area contributed by atoms with Gasteiger partial charge in [0.25, 0.3) is 5.56 Å². The lowest BCUT2D eigenvalue weighted by molar-refractivity contribution is -0.138.